The third-order valence-electron chi connectivity index (χ3n) is 2.10. The first kappa shape index (κ1) is 11.8. The number of nitrogens with two attached hydrogens (primary N) is 1. The van der Waals surface area contributed by atoms with Crippen molar-refractivity contribution in [3.63, 3.8) is 0 Å². The first-order chi connectivity index (χ1) is 7.11. The molecule has 1 aromatic rings. The van der Waals surface area contributed by atoms with E-state index in [4.69, 9.17) is 17.3 Å². The number of methoxy groups -OCH3 is 1. The van der Waals surface area contributed by atoms with E-state index < -0.39 is 11.9 Å². The standard InChI is InChI=1S/C10H12ClNO3/c1-15-10(14)6(5-12)9-7(11)3-2-4-8(9)13/h2-4,6,13H,5,12H2,1H3. The molecule has 3 N–H and O–H groups in total. The number of hydrogen-bond acceptors (Lipinski definition) is 4. The summed E-state index contributed by atoms with van der Waals surface area (Å²) >= 11 is 5.88. The second kappa shape index (κ2) is 5.00. The lowest BCUT2D eigenvalue weighted by Gasteiger charge is -2.15. The molecule has 5 heteroatoms. The number of ether oxygens (including phenoxy) is 1. The third kappa shape index (κ3) is 2.40. The smallest absolute Gasteiger partial charge is 0.314 e. The molecule has 0 amide bonds. The number of phenols is 1. The molecule has 0 fully saturated rings. The van der Waals surface area contributed by atoms with Crippen LogP contribution in [-0.2, 0) is 9.53 Å². The molecule has 0 aliphatic heterocycles. The van der Waals surface area contributed by atoms with Crippen molar-refractivity contribution in [1.82, 2.24) is 0 Å². The van der Waals surface area contributed by atoms with Crippen LogP contribution >= 0.6 is 11.6 Å². The molecule has 0 saturated carbocycles. The van der Waals surface area contributed by atoms with Crippen molar-refractivity contribution < 1.29 is 14.6 Å². The summed E-state index contributed by atoms with van der Waals surface area (Å²) in [4.78, 5) is 11.4. The maximum Gasteiger partial charge on any atom is 0.314 e. The summed E-state index contributed by atoms with van der Waals surface area (Å²) in [6, 6.07) is 4.63. The van der Waals surface area contributed by atoms with Gasteiger partial charge in [-0.2, -0.15) is 0 Å². The van der Waals surface area contributed by atoms with Gasteiger partial charge in [-0.05, 0) is 12.1 Å². The fourth-order valence-corrected chi connectivity index (χ4v) is 1.65. The first-order valence-corrected chi connectivity index (χ1v) is 4.74. The molecule has 0 aliphatic rings. The average molecular weight is 230 g/mol. The van der Waals surface area contributed by atoms with Gasteiger partial charge in [-0.3, -0.25) is 4.79 Å². The van der Waals surface area contributed by atoms with E-state index in [1.165, 1.54) is 13.2 Å². The highest BCUT2D eigenvalue weighted by atomic mass is 35.5. The predicted molar refractivity (Wildman–Crippen MR) is 56.9 cm³/mol. The molecule has 0 aliphatic carbocycles. The molecule has 1 unspecified atom stereocenters. The Morgan fingerprint density at radius 1 is 1.67 bits per heavy atom. The quantitative estimate of drug-likeness (QED) is 0.766. The van der Waals surface area contributed by atoms with Crippen molar-refractivity contribution in [2.45, 2.75) is 5.92 Å². The van der Waals surface area contributed by atoms with E-state index in [-0.39, 0.29) is 12.3 Å². The van der Waals surface area contributed by atoms with Crippen molar-refractivity contribution >= 4 is 17.6 Å². The average Bonchev–Trinajstić information content (AvgIpc) is 2.22. The van der Waals surface area contributed by atoms with Gasteiger partial charge >= 0.3 is 5.97 Å². The Morgan fingerprint density at radius 3 is 2.80 bits per heavy atom. The van der Waals surface area contributed by atoms with E-state index >= 15 is 0 Å². The Hall–Kier alpha value is -1.26. The van der Waals surface area contributed by atoms with Crippen LogP contribution in [0.5, 0.6) is 5.75 Å². The molecular weight excluding hydrogens is 218 g/mol. The minimum atomic E-state index is -0.733. The Balaban J connectivity index is 3.17. The molecule has 0 spiro atoms. The molecule has 0 aromatic heterocycles. The van der Waals surface area contributed by atoms with Crippen molar-refractivity contribution in [3.05, 3.63) is 28.8 Å². The summed E-state index contributed by atoms with van der Waals surface area (Å²) in [6.07, 6.45) is 0. The number of carbonyl (C=O) groups excluding carboxylic acids is 1. The molecule has 4 nitrogen and oxygen atoms in total. The lowest BCUT2D eigenvalue weighted by atomic mass is 9.98. The molecule has 0 bridgehead atoms. The maximum absolute atomic E-state index is 11.4. The van der Waals surface area contributed by atoms with Gasteiger partial charge in [0.15, 0.2) is 0 Å². The number of carbonyl (C=O) groups is 1. The van der Waals surface area contributed by atoms with E-state index in [0.717, 1.165) is 0 Å². The van der Waals surface area contributed by atoms with Crippen LogP contribution in [0.3, 0.4) is 0 Å². The normalized spacial score (nSPS) is 12.2. The van der Waals surface area contributed by atoms with Crippen LogP contribution < -0.4 is 5.73 Å². The van der Waals surface area contributed by atoms with Gasteiger partial charge in [0.1, 0.15) is 5.75 Å². The topological polar surface area (TPSA) is 72.5 Å². The zero-order valence-corrected chi connectivity index (χ0v) is 8.99. The highest BCUT2D eigenvalue weighted by Gasteiger charge is 2.25. The second-order valence-corrected chi connectivity index (χ2v) is 3.39. The SMILES string of the molecule is COC(=O)C(CN)c1c(O)cccc1Cl. The zero-order valence-electron chi connectivity index (χ0n) is 8.24. The Morgan fingerprint density at radius 2 is 2.33 bits per heavy atom. The molecule has 0 radical (unpaired) electrons. The van der Waals surface area contributed by atoms with Crippen LogP contribution in [0.1, 0.15) is 11.5 Å². The lowest BCUT2D eigenvalue weighted by molar-refractivity contribution is -0.142. The fourth-order valence-electron chi connectivity index (χ4n) is 1.34. The zero-order chi connectivity index (χ0) is 11.4. The summed E-state index contributed by atoms with van der Waals surface area (Å²) in [6.45, 7) is 0.0317. The molecule has 0 saturated heterocycles. The van der Waals surface area contributed by atoms with Crippen LogP contribution in [-0.4, -0.2) is 24.7 Å². The number of aromatic hydroxyl groups is 1. The van der Waals surface area contributed by atoms with Crippen LogP contribution in [0, 0.1) is 0 Å². The number of rotatable bonds is 3. The number of benzene rings is 1. The summed E-state index contributed by atoms with van der Waals surface area (Å²) in [7, 11) is 1.26. The van der Waals surface area contributed by atoms with Gasteiger partial charge < -0.3 is 15.6 Å². The summed E-state index contributed by atoms with van der Waals surface area (Å²) < 4.78 is 4.58. The van der Waals surface area contributed by atoms with Gasteiger partial charge in [0.2, 0.25) is 0 Å². The molecule has 15 heavy (non-hydrogen) atoms. The van der Waals surface area contributed by atoms with Crippen LogP contribution in [0.4, 0.5) is 0 Å². The fraction of sp³-hybridized carbons (Fsp3) is 0.300. The van der Waals surface area contributed by atoms with Gasteiger partial charge in [0.05, 0.1) is 13.0 Å². The molecule has 82 valence electrons. The molecule has 1 aromatic carbocycles. The number of hydrogen-bond donors (Lipinski definition) is 2. The summed E-state index contributed by atoms with van der Waals surface area (Å²) in [5.74, 6) is -1.30. The van der Waals surface area contributed by atoms with Crippen molar-refractivity contribution in [1.29, 1.82) is 0 Å². The second-order valence-electron chi connectivity index (χ2n) is 2.98. The molecule has 0 heterocycles. The third-order valence-corrected chi connectivity index (χ3v) is 2.43. The Kier molecular flexibility index (Phi) is 3.94. The Bertz CT molecular complexity index is 347. The van der Waals surface area contributed by atoms with Gasteiger partial charge in [0.25, 0.3) is 0 Å². The molecule has 1 atom stereocenters. The van der Waals surface area contributed by atoms with Crippen LogP contribution in [0.15, 0.2) is 18.2 Å². The summed E-state index contributed by atoms with van der Waals surface area (Å²) in [5.41, 5.74) is 5.76. The Labute approximate surface area is 92.6 Å². The lowest BCUT2D eigenvalue weighted by Crippen LogP contribution is -2.23. The minimum absolute atomic E-state index is 0.0317. The first-order valence-electron chi connectivity index (χ1n) is 4.37. The number of halogens is 1. The van der Waals surface area contributed by atoms with Crippen LogP contribution in [0.25, 0.3) is 0 Å². The molecule has 1 rings (SSSR count). The van der Waals surface area contributed by atoms with E-state index in [0.29, 0.717) is 10.6 Å². The van der Waals surface area contributed by atoms with E-state index in [1.807, 2.05) is 0 Å². The van der Waals surface area contributed by atoms with E-state index in [2.05, 4.69) is 4.74 Å². The number of esters is 1. The van der Waals surface area contributed by atoms with Crippen molar-refractivity contribution in [2.75, 3.05) is 13.7 Å². The van der Waals surface area contributed by atoms with E-state index in [9.17, 15) is 9.90 Å². The minimum Gasteiger partial charge on any atom is -0.508 e. The highest BCUT2D eigenvalue weighted by Crippen LogP contribution is 2.32. The number of phenolic OH excluding ortho intramolecular Hbond substituents is 1. The summed E-state index contributed by atoms with van der Waals surface area (Å²) in [5, 5.41) is 9.89. The van der Waals surface area contributed by atoms with Crippen LogP contribution in [0.2, 0.25) is 5.02 Å². The van der Waals surface area contributed by atoms with Gasteiger partial charge in [-0.15, -0.1) is 0 Å². The van der Waals surface area contributed by atoms with Gasteiger partial charge in [-0.1, -0.05) is 17.7 Å². The highest BCUT2D eigenvalue weighted by molar-refractivity contribution is 6.31. The van der Waals surface area contributed by atoms with Crippen molar-refractivity contribution in [3.8, 4) is 5.75 Å². The van der Waals surface area contributed by atoms with Gasteiger partial charge in [-0.25, -0.2) is 0 Å². The van der Waals surface area contributed by atoms with Gasteiger partial charge in [0, 0.05) is 17.1 Å². The largest absolute Gasteiger partial charge is 0.508 e. The predicted octanol–water partition coefficient (Wildman–Crippen LogP) is 1.26. The van der Waals surface area contributed by atoms with Crippen molar-refractivity contribution in [2.24, 2.45) is 5.73 Å². The van der Waals surface area contributed by atoms with E-state index in [1.54, 1.807) is 12.1 Å². The maximum atomic E-state index is 11.4. The molecular formula is C10H12ClNO3. The monoisotopic (exact) mass is 229 g/mol.